The van der Waals surface area contributed by atoms with Crippen LogP contribution < -0.4 is 0 Å². The number of aliphatic carboxylic acids is 1. The van der Waals surface area contributed by atoms with Crippen molar-refractivity contribution in [3.05, 3.63) is 30.0 Å². The second-order valence-electron chi connectivity index (χ2n) is 4.95. The van der Waals surface area contributed by atoms with Crippen LogP contribution in [0.15, 0.2) is 24.3 Å². The molecule has 0 aliphatic carbocycles. The van der Waals surface area contributed by atoms with Gasteiger partial charge < -0.3 is 14.8 Å². The molecule has 2 rings (SSSR count). The Morgan fingerprint density at radius 3 is 2.56 bits per heavy atom. The molecule has 4 nitrogen and oxygen atoms in total. The van der Waals surface area contributed by atoms with Gasteiger partial charge in [0, 0.05) is 23.7 Å². The minimum absolute atomic E-state index is 0.190. The molecule has 0 saturated carbocycles. The van der Waals surface area contributed by atoms with E-state index in [4.69, 9.17) is 0 Å². The van der Waals surface area contributed by atoms with Gasteiger partial charge in [-0.25, -0.2) is 0 Å². The molecule has 2 aromatic rings. The van der Waals surface area contributed by atoms with Gasteiger partial charge in [-0.3, -0.25) is 4.79 Å². The third-order valence-electron chi connectivity index (χ3n) is 3.38. The predicted molar refractivity (Wildman–Crippen MR) is 69.9 cm³/mol. The lowest BCUT2D eigenvalue weighted by Crippen LogP contribution is -2.31. The first-order chi connectivity index (χ1) is 8.37. The van der Waals surface area contributed by atoms with Gasteiger partial charge in [-0.15, -0.1) is 0 Å². The Morgan fingerprint density at radius 2 is 2.00 bits per heavy atom. The number of carboxylic acid groups (broad SMARTS) is 1. The molecule has 2 N–H and O–H groups in total. The van der Waals surface area contributed by atoms with Crippen molar-refractivity contribution in [2.24, 2.45) is 0 Å². The van der Waals surface area contributed by atoms with Crippen LogP contribution in [0.3, 0.4) is 0 Å². The maximum Gasteiger partial charge on any atom is 0.315 e. The van der Waals surface area contributed by atoms with Gasteiger partial charge in [-0.2, -0.15) is 0 Å². The number of carboxylic acids is 1. The van der Waals surface area contributed by atoms with Crippen LogP contribution in [-0.2, 0) is 16.8 Å². The highest BCUT2D eigenvalue weighted by atomic mass is 16.4. The normalized spacial score (nSPS) is 11.9. The Labute approximate surface area is 105 Å². The summed E-state index contributed by atoms with van der Waals surface area (Å²) < 4.78 is 1.93. The lowest BCUT2D eigenvalue weighted by atomic mass is 9.89. The van der Waals surface area contributed by atoms with Gasteiger partial charge in [-0.1, -0.05) is 0 Å². The zero-order valence-electron chi connectivity index (χ0n) is 10.8. The smallest absolute Gasteiger partial charge is 0.315 e. The molecule has 0 bridgehead atoms. The highest BCUT2D eigenvalue weighted by Gasteiger charge is 2.33. The quantitative estimate of drug-likeness (QED) is 0.876. The molecule has 0 saturated heterocycles. The summed E-state index contributed by atoms with van der Waals surface area (Å²) in [6, 6.07) is 6.96. The van der Waals surface area contributed by atoms with Gasteiger partial charge in [0.2, 0.25) is 0 Å². The van der Waals surface area contributed by atoms with Gasteiger partial charge in [0.25, 0.3) is 0 Å². The van der Waals surface area contributed by atoms with E-state index in [1.807, 2.05) is 17.6 Å². The van der Waals surface area contributed by atoms with E-state index in [9.17, 15) is 15.0 Å². The number of carbonyl (C=O) groups is 1. The number of aromatic nitrogens is 1. The van der Waals surface area contributed by atoms with E-state index in [1.54, 1.807) is 32.0 Å². The molecule has 0 amide bonds. The molecule has 0 atom stereocenters. The van der Waals surface area contributed by atoms with Crippen LogP contribution in [0.4, 0.5) is 0 Å². The van der Waals surface area contributed by atoms with E-state index < -0.39 is 11.4 Å². The summed E-state index contributed by atoms with van der Waals surface area (Å²) in [5.74, 6) is -0.667. The molecular weight excluding hydrogens is 230 g/mol. The fourth-order valence-corrected chi connectivity index (χ4v) is 2.21. The Balaban J connectivity index is 2.76. The SMILES string of the molecule is CCn1c(C(C)(C)C(=O)O)cc2ccc(O)cc21. The number of hydrogen-bond acceptors (Lipinski definition) is 2. The highest BCUT2D eigenvalue weighted by Crippen LogP contribution is 2.31. The van der Waals surface area contributed by atoms with E-state index >= 15 is 0 Å². The van der Waals surface area contributed by atoms with Crippen LogP contribution in [-0.4, -0.2) is 20.7 Å². The highest BCUT2D eigenvalue weighted by molar-refractivity contribution is 5.87. The van der Waals surface area contributed by atoms with Crippen molar-refractivity contribution >= 4 is 16.9 Å². The number of fused-ring (bicyclic) bond motifs is 1. The largest absolute Gasteiger partial charge is 0.508 e. The number of aryl methyl sites for hydroxylation is 1. The first-order valence-corrected chi connectivity index (χ1v) is 5.94. The maximum atomic E-state index is 11.4. The Hall–Kier alpha value is -1.97. The van der Waals surface area contributed by atoms with Crippen molar-refractivity contribution in [1.29, 1.82) is 0 Å². The molecule has 96 valence electrons. The van der Waals surface area contributed by atoms with Crippen LogP contribution in [0, 0.1) is 0 Å². The monoisotopic (exact) mass is 247 g/mol. The van der Waals surface area contributed by atoms with Gasteiger partial charge in [0.1, 0.15) is 11.2 Å². The Bertz CT molecular complexity index is 611. The third kappa shape index (κ3) is 1.74. The van der Waals surface area contributed by atoms with Gasteiger partial charge in [0.15, 0.2) is 0 Å². The number of hydrogen-bond donors (Lipinski definition) is 2. The molecule has 18 heavy (non-hydrogen) atoms. The summed E-state index contributed by atoms with van der Waals surface area (Å²) in [7, 11) is 0. The summed E-state index contributed by atoms with van der Waals surface area (Å²) in [5, 5.41) is 19.8. The summed E-state index contributed by atoms with van der Waals surface area (Å²) >= 11 is 0. The summed E-state index contributed by atoms with van der Waals surface area (Å²) in [5.41, 5.74) is 0.657. The predicted octanol–water partition coefficient (Wildman–Crippen LogP) is 2.73. The second-order valence-corrected chi connectivity index (χ2v) is 4.95. The topological polar surface area (TPSA) is 62.5 Å². The fourth-order valence-electron chi connectivity index (χ4n) is 2.21. The minimum Gasteiger partial charge on any atom is -0.508 e. The Kier molecular flexibility index (Phi) is 2.81. The zero-order chi connectivity index (χ0) is 13.5. The first kappa shape index (κ1) is 12.5. The van der Waals surface area contributed by atoms with E-state index in [1.165, 1.54) is 0 Å². The lowest BCUT2D eigenvalue weighted by molar-refractivity contribution is -0.142. The van der Waals surface area contributed by atoms with Crippen molar-refractivity contribution in [1.82, 2.24) is 4.57 Å². The van der Waals surface area contributed by atoms with Gasteiger partial charge in [-0.05, 0) is 39.0 Å². The van der Waals surface area contributed by atoms with Crippen LogP contribution in [0.25, 0.3) is 10.9 Å². The number of rotatable bonds is 3. The van der Waals surface area contributed by atoms with Crippen LogP contribution in [0.2, 0.25) is 0 Å². The number of phenolic OH excluding ortho intramolecular Hbond substituents is 1. The Morgan fingerprint density at radius 1 is 1.33 bits per heavy atom. The van der Waals surface area contributed by atoms with Gasteiger partial charge in [0.05, 0.1) is 5.52 Å². The molecule has 4 heteroatoms. The molecular formula is C14H17NO3. The van der Waals surface area contributed by atoms with Crippen LogP contribution in [0.5, 0.6) is 5.75 Å². The summed E-state index contributed by atoms with van der Waals surface area (Å²) in [6.45, 7) is 6.01. The number of benzene rings is 1. The van der Waals surface area contributed by atoms with E-state index in [2.05, 4.69) is 0 Å². The van der Waals surface area contributed by atoms with Crippen LogP contribution >= 0.6 is 0 Å². The second kappa shape index (κ2) is 4.05. The van der Waals surface area contributed by atoms with Crippen LogP contribution in [0.1, 0.15) is 26.5 Å². The fraction of sp³-hybridized carbons (Fsp3) is 0.357. The molecule has 0 radical (unpaired) electrons. The number of nitrogens with zero attached hydrogens (tertiary/aromatic N) is 1. The molecule has 0 aliphatic rings. The van der Waals surface area contributed by atoms with E-state index in [-0.39, 0.29) is 5.75 Å². The number of aromatic hydroxyl groups is 1. The summed E-state index contributed by atoms with van der Waals surface area (Å²) in [4.78, 5) is 11.4. The maximum absolute atomic E-state index is 11.4. The first-order valence-electron chi connectivity index (χ1n) is 5.94. The third-order valence-corrected chi connectivity index (χ3v) is 3.38. The zero-order valence-corrected chi connectivity index (χ0v) is 10.8. The minimum atomic E-state index is -0.954. The number of phenols is 1. The molecule has 1 aromatic carbocycles. The average molecular weight is 247 g/mol. The summed E-state index contributed by atoms with van der Waals surface area (Å²) in [6.07, 6.45) is 0. The molecule has 0 unspecified atom stereocenters. The van der Waals surface area contributed by atoms with Crippen molar-refractivity contribution in [3.63, 3.8) is 0 Å². The van der Waals surface area contributed by atoms with Crippen molar-refractivity contribution in [2.75, 3.05) is 0 Å². The van der Waals surface area contributed by atoms with E-state index in [0.29, 0.717) is 6.54 Å². The van der Waals surface area contributed by atoms with Crippen molar-refractivity contribution in [2.45, 2.75) is 32.7 Å². The molecule has 0 fully saturated rings. The molecule has 1 heterocycles. The standard InChI is InChI=1S/C14H17NO3/c1-4-15-11-8-10(16)6-5-9(11)7-12(15)14(2,3)13(17)18/h5-8,16H,4H2,1-3H3,(H,17,18). The molecule has 1 aromatic heterocycles. The molecule has 0 aliphatic heterocycles. The van der Waals surface area contributed by atoms with Crippen molar-refractivity contribution < 1.29 is 15.0 Å². The lowest BCUT2D eigenvalue weighted by Gasteiger charge is -2.21. The molecule has 0 spiro atoms. The van der Waals surface area contributed by atoms with Crippen molar-refractivity contribution in [3.8, 4) is 5.75 Å². The van der Waals surface area contributed by atoms with Gasteiger partial charge >= 0.3 is 5.97 Å². The van der Waals surface area contributed by atoms with E-state index in [0.717, 1.165) is 16.6 Å². The average Bonchev–Trinajstić information content (AvgIpc) is 2.66.